The third-order valence-electron chi connectivity index (χ3n) is 13.2. The Bertz CT molecular complexity index is 1890. The minimum atomic E-state index is -0.738. The molecule has 0 aliphatic heterocycles. The molecule has 1 fully saturated rings. The van der Waals surface area contributed by atoms with Gasteiger partial charge in [-0.3, -0.25) is 19.2 Å². The molecule has 3 rings (SSSR count). The van der Waals surface area contributed by atoms with E-state index in [2.05, 4.69) is 86.6 Å². The summed E-state index contributed by atoms with van der Waals surface area (Å²) in [7, 11) is 4.12. The van der Waals surface area contributed by atoms with Gasteiger partial charge < -0.3 is 77.3 Å². The Labute approximate surface area is 472 Å². The van der Waals surface area contributed by atoms with Crippen molar-refractivity contribution in [2.24, 2.45) is 52.8 Å². The smallest absolute Gasteiger partial charge is 0.407 e. The number of hydrogen-bond acceptors (Lipinski definition) is 16. The number of aliphatic hydroxyl groups excluding tert-OH is 1. The lowest BCUT2D eigenvalue weighted by Gasteiger charge is -2.39. The van der Waals surface area contributed by atoms with Crippen molar-refractivity contribution < 1.29 is 57.7 Å². The molecule has 1 aromatic carbocycles. The number of allylic oxidation sites excluding steroid dienone is 2. The monoisotopic (exact) mass is 1120 g/mol. The minimum Gasteiger partial charge on any atom is -0.445 e. The SMILES string of the molecule is C=C.C=O.CC(CCC(=O)NC(C)C(C)C)OCCC(C)(C)N(N)/C1=C(\N)CCC2C(CC1)C2CON.CNC(=O)CCC(C)(C)OCC(C)C.CNC(=O)OCc1ccc(NC(=O)C(CCCNC(N)=O)NC=O)cc1.CO. The van der Waals surface area contributed by atoms with E-state index in [4.69, 9.17) is 52.2 Å². The van der Waals surface area contributed by atoms with Crippen LogP contribution in [0.5, 0.6) is 0 Å². The van der Waals surface area contributed by atoms with Crippen LogP contribution < -0.4 is 55.1 Å². The number of carbonyl (C=O) groups excluding carboxylic acids is 7. The van der Waals surface area contributed by atoms with Crippen molar-refractivity contribution in [3.8, 4) is 0 Å². The zero-order chi connectivity index (χ0) is 61.3. The fourth-order valence-electron chi connectivity index (χ4n) is 7.88. The maximum absolute atomic E-state index is 12.2. The van der Waals surface area contributed by atoms with Crippen molar-refractivity contribution in [3.05, 3.63) is 54.4 Å². The number of nitrogens with one attached hydrogen (secondary N) is 6. The van der Waals surface area contributed by atoms with E-state index in [0.717, 1.165) is 69.2 Å². The van der Waals surface area contributed by atoms with Gasteiger partial charge in [0.15, 0.2) is 0 Å². The largest absolute Gasteiger partial charge is 0.445 e. The predicted octanol–water partition coefficient (Wildman–Crippen LogP) is 5.41. The molecule has 0 bridgehead atoms. The number of anilines is 1. The van der Waals surface area contributed by atoms with E-state index in [1.54, 1.807) is 31.3 Å². The summed E-state index contributed by atoms with van der Waals surface area (Å²) in [6, 6.07) is 5.54. The van der Waals surface area contributed by atoms with E-state index in [1.165, 1.54) is 7.05 Å². The third-order valence-corrected chi connectivity index (χ3v) is 13.2. The maximum Gasteiger partial charge on any atom is 0.407 e. The molecule has 15 N–H and O–H groups in total. The van der Waals surface area contributed by atoms with Gasteiger partial charge in [0.2, 0.25) is 24.1 Å². The highest BCUT2D eigenvalue weighted by Crippen LogP contribution is 2.54. The van der Waals surface area contributed by atoms with Crippen molar-refractivity contribution in [3.63, 3.8) is 0 Å². The molecule has 2 aliphatic carbocycles. The van der Waals surface area contributed by atoms with Crippen LogP contribution in [-0.4, -0.2) is 130 Å². The second kappa shape index (κ2) is 44.0. The second-order valence-electron chi connectivity index (χ2n) is 21.0. The molecule has 456 valence electrons. The number of nitrogens with two attached hydrogens (primary N) is 4. The van der Waals surface area contributed by atoms with Gasteiger partial charge in [-0.25, -0.2) is 21.3 Å². The summed E-state index contributed by atoms with van der Waals surface area (Å²) in [6.07, 6.45) is 7.90. The summed E-state index contributed by atoms with van der Waals surface area (Å²) < 4.78 is 16.6. The maximum atomic E-state index is 12.2. The minimum absolute atomic E-state index is 0.0197. The highest BCUT2D eigenvalue weighted by Gasteiger charge is 2.49. The van der Waals surface area contributed by atoms with Gasteiger partial charge in [0, 0.05) is 76.9 Å². The Balaban J connectivity index is -0.00000112. The first-order valence-corrected chi connectivity index (χ1v) is 27.1. The lowest BCUT2D eigenvalue weighted by molar-refractivity contribution is -0.123. The number of ether oxygens (including phenoxy) is 3. The van der Waals surface area contributed by atoms with Crippen molar-refractivity contribution >= 4 is 48.7 Å². The summed E-state index contributed by atoms with van der Waals surface area (Å²) in [4.78, 5) is 80.6. The molecule has 1 saturated carbocycles. The molecular weight excluding hydrogens is 1020 g/mol. The average Bonchev–Trinajstić information content (AvgIpc) is 4.08. The van der Waals surface area contributed by atoms with Gasteiger partial charge in [0.25, 0.3) is 0 Å². The van der Waals surface area contributed by atoms with Crippen molar-refractivity contribution in [2.75, 3.05) is 52.9 Å². The molecule has 0 saturated heterocycles. The Morgan fingerprint density at radius 1 is 0.873 bits per heavy atom. The first-order valence-electron chi connectivity index (χ1n) is 27.1. The van der Waals surface area contributed by atoms with E-state index in [0.29, 0.717) is 93.5 Å². The average molecular weight is 1120 g/mol. The van der Waals surface area contributed by atoms with Crippen molar-refractivity contribution in [1.82, 2.24) is 31.6 Å². The molecule has 23 nitrogen and oxygen atoms in total. The summed E-state index contributed by atoms with van der Waals surface area (Å²) in [5, 5.41) is 24.4. The zero-order valence-corrected chi connectivity index (χ0v) is 50.1. The standard InChI is InChI=1S/C25H49N5O3.C16H23N5O5.C11H23NO2.C2H4.CH4O.CH2O/c1-16(2)18(4)29-24(31)12-7-17(3)32-14-13-25(5,6)30(27)23-11-9-20-19(8-10-22(23)26)21(20)15-33-28;1-18-16(25)26-9-11-4-6-12(7-5-11)21-14(23)13(20-10-22)3-2-8-19-15(17)24;1-9(2)8-14-11(3,4)7-6-10(13)12-5;3*1-2/h16-21H,7-15,26-28H2,1-6H3,(H,29,31);4-7,10,13H,2-3,8-9H2,1H3,(H,18,25)(H,20,22)(H,21,23)(H3,17,19,24);9H,6-8H2,1-5H3,(H,12,13);1-2H2;2H,1H3;1H2/b23-22-;;;;;. The molecule has 7 amide bonds. The van der Waals surface area contributed by atoms with E-state index in [-0.39, 0.29) is 47.6 Å². The highest BCUT2D eigenvalue weighted by molar-refractivity contribution is 5.95. The number of amides is 7. The predicted molar refractivity (Wildman–Crippen MR) is 311 cm³/mol. The van der Waals surface area contributed by atoms with Crippen LogP contribution in [-0.2, 0) is 49.6 Å². The Hall–Kier alpha value is -5.85. The van der Waals surface area contributed by atoms with Crippen LogP contribution in [0.4, 0.5) is 15.3 Å². The van der Waals surface area contributed by atoms with Gasteiger partial charge >= 0.3 is 12.1 Å². The molecule has 23 heteroatoms. The second-order valence-corrected chi connectivity index (χ2v) is 21.0. The Morgan fingerprint density at radius 3 is 1.99 bits per heavy atom. The molecule has 6 unspecified atom stereocenters. The molecule has 0 radical (unpaired) electrons. The lowest BCUT2D eigenvalue weighted by Crippen LogP contribution is -2.49. The number of hydrogen-bond donors (Lipinski definition) is 11. The van der Waals surface area contributed by atoms with Crippen LogP contribution in [0.3, 0.4) is 0 Å². The number of rotatable bonds is 29. The lowest BCUT2D eigenvalue weighted by atomic mass is 9.95. The Kier molecular flexibility index (Phi) is 43.1. The molecular formula is C56H105N11O12. The zero-order valence-electron chi connectivity index (χ0n) is 50.1. The van der Waals surface area contributed by atoms with Gasteiger partial charge in [-0.2, -0.15) is 0 Å². The third kappa shape index (κ3) is 35.4. The molecule has 0 heterocycles. The van der Waals surface area contributed by atoms with Crippen LogP contribution >= 0.6 is 0 Å². The van der Waals surface area contributed by atoms with E-state index in [1.807, 2.05) is 39.5 Å². The fourth-order valence-corrected chi connectivity index (χ4v) is 7.88. The number of primary amides is 1. The summed E-state index contributed by atoms with van der Waals surface area (Å²) >= 11 is 0. The van der Waals surface area contributed by atoms with Crippen LogP contribution in [0.15, 0.2) is 48.8 Å². The Morgan fingerprint density at radius 2 is 1.47 bits per heavy atom. The number of fused-ring (bicyclic) bond motifs is 1. The molecule has 0 spiro atoms. The van der Waals surface area contributed by atoms with Crippen LogP contribution in [0.1, 0.15) is 145 Å². The topological polar surface area (TPSA) is 356 Å². The van der Waals surface area contributed by atoms with Crippen LogP contribution in [0, 0.1) is 29.6 Å². The number of benzene rings is 1. The number of hydrazine groups is 1. The van der Waals surface area contributed by atoms with Crippen molar-refractivity contribution in [1.29, 1.82) is 0 Å². The number of carbonyl (C=O) groups is 7. The van der Waals surface area contributed by atoms with Gasteiger partial charge in [-0.15, -0.1) is 13.2 Å². The van der Waals surface area contributed by atoms with E-state index < -0.39 is 18.2 Å². The van der Waals surface area contributed by atoms with E-state index in [9.17, 15) is 28.8 Å². The first-order chi connectivity index (χ1) is 37.3. The van der Waals surface area contributed by atoms with Gasteiger partial charge in [0.1, 0.15) is 19.4 Å². The number of nitrogens with zero attached hydrogens (tertiary/aromatic N) is 1. The number of urea groups is 1. The van der Waals surface area contributed by atoms with Crippen LogP contribution in [0.2, 0.25) is 0 Å². The van der Waals surface area contributed by atoms with Gasteiger partial charge in [0.05, 0.1) is 23.9 Å². The molecule has 79 heavy (non-hydrogen) atoms. The van der Waals surface area contributed by atoms with Crippen molar-refractivity contribution in [2.45, 2.75) is 176 Å². The highest BCUT2D eigenvalue weighted by atomic mass is 16.6. The number of alkyl carbamates (subject to hydrolysis) is 1. The number of aliphatic hydroxyl groups is 1. The fraction of sp³-hybridized carbons (Fsp3) is 0.696. The normalized spacial score (nSPS) is 17.3. The van der Waals surface area contributed by atoms with E-state index >= 15 is 0 Å². The molecule has 2 aliphatic rings. The van der Waals surface area contributed by atoms with Gasteiger partial charge in [-0.1, -0.05) is 39.8 Å². The summed E-state index contributed by atoms with van der Waals surface area (Å²) in [6.45, 7) is 31.2. The quantitative estimate of drug-likeness (QED) is 0.0157. The summed E-state index contributed by atoms with van der Waals surface area (Å²) in [5.41, 5.74) is 14.2. The first kappa shape index (κ1) is 77.4. The molecule has 1 aromatic rings. The summed E-state index contributed by atoms with van der Waals surface area (Å²) in [5.74, 6) is 14.6. The molecule has 6 atom stereocenters. The van der Waals surface area contributed by atoms with Gasteiger partial charge in [-0.05, 0) is 147 Å². The molecule has 0 aromatic heterocycles. The van der Waals surface area contributed by atoms with Crippen LogP contribution in [0.25, 0.3) is 0 Å².